The maximum Gasteiger partial charge on any atom is 0.0775 e. The van der Waals surface area contributed by atoms with Gasteiger partial charge in [-0.25, -0.2) is 0 Å². The summed E-state index contributed by atoms with van der Waals surface area (Å²) in [5.41, 5.74) is 0.927. The summed E-state index contributed by atoms with van der Waals surface area (Å²) in [5, 5.41) is 0. The van der Waals surface area contributed by atoms with Gasteiger partial charge in [-0.1, -0.05) is 6.07 Å². The zero-order valence-electron chi connectivity index (χ0n) is 5.53. The van der Waals surface area contributed by atoms with Gasteiger partial charge >= 0.3 is 0 Å². The minimum Gasteiger partial charge on any atom is -0.263 e. The van der Waals surface area contributed by atoms with Crippen LogP contribution in [-0.2, 0) is 11.3 Å². The summed E-state index contributed by atoms with van der Waals surface area (Å²) in [6.45, 7) is 0.303. The van der Waals surface area contributed by atoms with Crippen molar-refractivity contribution in [1.82, 2.24) is 10.9 Å². The van der Waals surface area contributed by atoms with Gasteiger partial charge in [-0.05, 0) is 12.1 Å². The summed E-state index contributed by atoms with van der Waals surface area (Å²) in [6, 6.07) is 5.64. The van der Waals surface area contributed by atoms with Crippen LogP contribution in [0.1, 0.15) is 5.69 Å². The highest BCUT2D eigenvalue weighted by molar-refractivity contribution is 5.03. The Hall–Kier alpha value is -0.930. The lowest BCUT2D eigenvalue weighted by molar-refractivity contribution is 0.121. The molecule has 0 amide bonds. The lowest BCUT2D eigenvalue weighted by atomic mass is 10.3. The molecule has 0 aliphatic carbocycles. The average Bonchev–Trinajstić information content (AvgIpc) is 2.03. The number of rotatable bonds is 3. The van der Waals surface area contributed by atoms with Crippen LogP contribution in [0.25, 0.3) is 0 Å². The van der Waals surface area contributed by atoms with E-state index in [9.17, 15) is 0 Å². The molecular weight excluding hydrogens is 128 g/mol. The van der Waals surface area contributed by atoms with E-state index in [-0.39, 0.29) is 0 Å². The fourth-order valence-electron chi connectivity index (χ4n) is 0.696. The molecule has 0 fully saturated rings. The van der Waals surface area contributed by atoms with Crippen LogP contribution >= 0.6 is 0 Å². The Bertz CT molecular complexity index is 176. The van der Waals surface area contributed by atoms with E-state index in [0.717, 1.165) is 5.69 Å². The molecule has 0 aliphatic rings. The summed E-state index contributed by atoms with van der Waals surface area (Å²) in [5.74, 6) is 8.00. The molecule has 0 saturated carbocycles. The number of nitrogens with zero attached hydrogens (tertiary/aromatic N) is 2. The van der Waals surface area contributed by atoms with Crippen molar-refractivity contribution in [3.05, 3.63) is 30.1 Å². The van der Waals surface area contributed by atoms with Crippen molar-refractivity contribution in [2.24, 2.45) is 0 Å². The molecule has 0 unspecified atom stereocenters. The second kappa shape index (κ2) is 3.98. The second-order valence-corrected chi connectivity index (χ2v) is 1.90. The Morgan fingerprint density at radius 3 is 3.00 bits per heavy atom. The van der Waals surface area contributed by atoms with Crippen LogP contribution in [0.3, 0.4) is 0 Å². The van der Waals surface area contributed by atoms with E-state index < -0.39 is 0 Å². The van der Waals surface area contributed by atoms with Crippen molar-refractivity contribution >= 4 is 0 Å². The van der Waals surface area contributed by atoms with E-state index in [0.29, 0.717) is 13.0 Å². The molecule has 1 aromatic rings. The first-order valence-corrected chi connectivity index (χ1v) is 3.10. The van der Waals surface area contributed by atoms with Crippen molar-refractivity contribution in [1.29, 1.82) is 0 Å². The van der Waals surface area contributed by atoms with Crippen molar-refractivity contribution < 1.29 is 4.84 Å². The monoisotopic (exact) mass is 136 g/mol. The summed E-state index contributed by atoms with van der Waals surface area (Å²) in [7, 11) is 0. The zero-order valence-corrected chi connectivity index (χ0v) is 5.53. The van der Waals surface area contributed by atoms with Gasteiger partial charge in [-0.2, -0.15) is 0 Å². The molecule has 0 atom stereocenters. The molecule has 1 aromatic heterocycles. The summed E-state index contributed by atoms with van der Waals surface area (Å²) < 4.78 is 0. The first kappa shape index (κ1) is 7.18. The standard InChI is InChI=1S/C7H8N2O/c8-10-6-4-7-3-1-2-5-9-7/h1-3,5H,4,6H2. The average molecular weight is 136 g/mol. The van der Waals surface area contributed by atoms with E-state index in [4.69, 9.17) is 5.90 Å². The highest BCUT2D eigenvalue weighted by atomic mass is 16.6. The molecule has 1 rings (SSSR count). The fourth-order valence-corrected chi connectivity index (χ4v) is 0.696. The number of aromatic nitrogens is 1. The molecule has 10 heavy (non-hydrogen) atoms. The maximum atomic E-state index is 8.00. The van der Waals surface area contributed by atoms with Crippen LogP contribution in [0.4, 0.5) is 0 Å². The van der Waals surface area contributed by atoms with Crippen LogP contribution in [0.15, 0.2) is 24.4 Å². The minimum atomic E-state index is 0.303. The van der Waals surface area contributed by atoms with E-state index in [2.05, 4.69) is 9.82 Å². The van der Waals surface area contributed by atoms with Crippen LogP contribution in [0.2, 0.25) is 0 Å². The highest BCUT2D eigenvalue weighted by Gasteiger charge is 1.90. The Labute approximate surface area is 59.8 Å². The van der Waals surface area contributed by atoms with E-state index in [1.54, 1.807) is 6.20 Å². The van der Waals surface area contributed by atoms with Crippen molar-refractivity contribution in [2.75, 3.05) is 6.61 Å². The third-order valence-corrected chi connectivity index (χ3v) is 1.18. The highest BCUT2D eigenvalue weighted by Crippen LogP contribution is 1.93. The van der Waals surface area contributed by atoms with Crippen molar-refractivity contribution in [3.63, 3.8) is 0 Å². The third-order valence-electron chi connectivity index (χ3n) is 1.18. The van der Waals surface area contributed by atoms with E-state index in [1.165, 1.54) is 0 Å². The SMILES string of the molecule is [N]OCCc1ccccn1. The van der Waals surface area contributed by atoms with Gasteiger partial charge in [-0.15, -0.1) is 0 Å². The smallest absolute Gasteiger partial charge is 0.0775 e. The van der Waals surface area contributed by atoms with Crippen LogP contribution < -0.4 is 5.90 Å². The Balaban J connectivity index is 2.43. The first-order valence-electron chi connectivity index (χ1n) is 3.10. The van der Waals surface area contributed by atoms with Gasteiger partial charge in [0, 0.05) is 24.2 Å². The van der Waals surface area contributed by atoms with E-state index in [1.807, 2.05) is 18.2 Å². The van der Waals surface area contributed by atoms with Crippen molar-refractivity contribution in [2.45, 2.75) is 6.42 Å². The molecule has 0 saturated heterocycles. The molecule has 52 valence electrons. The third kappa shape index (κ3) is 2.13. The molecule has 3 heteroatoms. The van der Waals surface area contributed by atoms with E-state index >= 15 is 0 Å². The molecule has 0 aromatic carbocycles. The van der Waals surface area contributed by atoms with Crippen molar-refractivity contribution in [3.8, 4) is 0 Å². The van der Waals surface area contributed by atoms with Gasteiger partial charge in [0.1, 0.15) is 0 Å². The molecule has 1 heterocycles. The molecule has 3 nitrogen and oxygen atoms in total. The van der Waals surface area contributed by atoms with Gasteiger partial charge in [0.25, 0.3) is 0 Å². The van der Waals surface area contributed by atoms with Gasteiger partial charge in [0.2, 0.25) is 0 Å². The maximum absolute atomic E-state index is 8.00. The molecule has 0 spiro atoms. The Morgan fingerprint density at radius 1 is 1.50 bits per heavy atom. The molecular formula is C7H8N2O. The Morgan fingerprint density at radius 2 is 2.40 bits per heavy atom. The van der Waals surface area contributed by atoms with Gasteiger partial charge in [0.05, 0.1) is 6.61 Å². The minimum absolute atomic E-state index is 0.303. The fraction of sp³-hybridized carbons (Fsp3) is 0.286. The lowest BCUT2D eigenvalue weighted by Gasteiger charge is -1.94. The topological polar surface area (TPSA) is 44.4 Å². The van der Waals surface area contributed by atoms with Crippen LogP contribution in [0.5, 0.6) is 0 Å². The lowest BCUT2D eigenvalue weighted by Crippen LogP contribution is -1.97. The molecule has 0 bridgehead atoms. The van der Waals surface area contributed by atoms with Gasteiger partial charge in [-0.3, -0.25) is 9.82 Å². The summed E-state index contributed by atoms with van der Waals surface area (Å²) >= 11 is 0. The van der Waals surface area contributed by atoms with Gasteiger partial charge < -0.3 is 0 Å². The van der Waals surface area contributed by atoms with Crippen LogP contribution in [0, 0.1) is 0 Å². The molecule has 0 aliphatic heterocycles. The first-order chi connectivity index (χ1) is 4.93. The summed E-state index contributed by atoms with van der Waals surface area (Å²) in [6.07, 6.45) is 2.37. The van der Waals surface area contributed by atoms with Crippen LogP contribution in [-0.4, -0.2) is 11.6 Å². The Kier molecular flexibility index (Phi) is 2.86. The summed E-state index contributed by atoms with van der Waals surface area (Å²) in [4.78, 5) is 7.93. The predicted octanol–water partition coefficient (Wildman–Crippen LogP) is 0.624. The number of hydrogen-bond acceptors (Lipinski definition) is 2. The normalized spacial score (nSPS) is 9.70. The number of pyridine rings is 1. The van der Waals surface area contributed by atoms with Gasteiger partial charge in [0.15, 0.2) is 0 Å². The quantitative estimate of drug-likeness (QED) is 0.572. The second-order valence-electron chi connectivity index (χ2n) is 1.90. The molecule has 0 N–H and O–H groups in total. The predicted molar refractivity (Wildman–Crippen MR) is 36.0 cm³/mol. The zero-order chi connectivity index (χ0) is 7.23. The number of hydrogen-bond donors (Lipinski definition) is 0. The largest absolute Gasteiger partial charge is 0.263 e. The molecule has 2 radical (unpaired) electrons.